The van der Waals surface area contributed by atoms with Crippen LogP contribution in [0.4, 0.5) is 8.78 Å². The summed E-state index contributed by atoms with van der Waals surface area (Å²) < 4.78 is 33.8. The van der Waals surface area contributed by atoms with Crippen molar-refractivity contribution in [3.63, 3.8) is 0 Å². The molecule has 0 N–H and O–H groups in total. The smallest absolute Gasteiger partial charge is 0.191 e. The first-order chi connectivity index (χ1) is 16.1. The Hall–Kier alpha value is -2.42. The molecule has 2 aliphatic carbocycles. The van der Waals surface area contributed by atoms with Gasteiger partial charge in [0, 0.05) is 0 Å². The van der Waals surface area contributed by atoms with Gasteiger partial charge >= 0.3 is 0 Å². The lowest BCUT2D eigenvalue weighted by Gasteiger charge is -2.42. The standard InChI is InChI=1S/C30H36F2O/c1-3-5-6-7-21-8-9-26-18-25(15-14-24(26)17-21)22-10-12-23(13-11-22)27-19-28(31)30(29(32)20-27)33-16-4-2/h3-5,10-13,19-21,24-26H,2,6-9,14-18H2,1H3/b5-3+. The zero-order chi connectivity index (χ0) is 23.2. The van der Waals surface area contributed by atoms with Crippen LogP contribution in [0.1, 0.15) is 69.8 Å². The summed E-state index contributed by atoms with van der Waals surface area (Å²) in [5.41, 5.74) is 2.71. The second-order valence-corrected chi connectivity index (χ2v) is 9.85. The Morgan fingerprint density at radius 1 is 0.939 bits per heavy atom. The van der Waals surface area contributed by atoms with Crippen LogP contribution in [0.3, 0.4) is 0 Å². The average Bonchev–Trinajstić information content (AvgIpc) is 2.83. The Morgan fingerprint density at radius 2 is 1.64 bits per heavy atom. The van der Waals surface area contributed by atoms with Crippen molar-refractivity contribution < 1.29 is 13.5 Å². The van der Waals surface area contributed by atoms with Gasteiger partial charge in [-0.15, -0.1) is 0 Å². The first kappa shape index (κ1) is 23.7. The first-order valence-electron chi connectivity index (χ1n) is 12.5. The molecule has 176 valence electrons. The van der Waals surface area contributed by atoms with Crippen molar-refractivity contribution in [2.75, 3.05) is 6.61 Å². The second-order valence-electron chi connectivity index (χ2n) is 9.85. The Labute approximate surface area is 197 Å². The number of rotatable bonds is 8. The minimum absolute atomic E-state index is 0.0714. The van der Waals surface area contributed by atoms with Gasteiger partial charge in [0.15, 0.2) is 17.4 Å². The van der Waals surface area contributed by atoms with Gasteiger partial charge in [-0.1, -0.05) is 55.5 Å². The molecule has 0 heterocycles. The molecule has 0 aliphatic heterocycles. The fourth-order valence-corrected chi connectivity index (χ4v) is 6.00. The highest BCUT2D eigenvalue weighted by Gasteiger charge is 2.35. The van der Waals surface area contributed by atoms with Crippen LogP contribution in [0.2, 0.25) is 0 Å². The summed E-state index contributed by atoms with van der Waals surface area (Å²) in [7, 11) is 0. The van der Waals surface area contributed by atoms with E-state index in [9.17, 15) is 8.78 Å². The van der Waals surface area contributed by atoms with Crippen LogP contribution in [0, 0.1) is 29.4 Å². The molecule has 2 aromatic carbocycles. The molecule has 1 nitrogen and oxygen atoms in total. The van der Waals surface area contributed by atoms with Gasteiger partial charge in [0.1, 0.15) is 6.61 Å². The molecule has 0 aromatic heterocycles. The topological polar surface area (TPSA) is 9.23 Å². The van der Waals surface area contributed by atoms with Gasteiger partial charge in [-0.05, 0) is 104 Å². The van der Waals surface area contributed by atoms with Gasteiger partial charge in [-0.25, -0.2) is 8.78 Å². The van der Waals surface area contributed by atoms with E-state index in [2.05, 4.69) is 37.8 Å². The van der Waals surface area contributed by atoms with E-state index in [1.165, 1.54) is 75.1 Å². The quantitative estimate of drug-likeness (QED) is 0.365. The number of allylic oxidation sites excluding steroid dienone is 2. The average molecular weight is 451 g/mol. The summed E-state index contributed by atoms with van der Waals surface area (Å²) in [5, 5.41) is 0. The third-order valence-electron chi connectivity index (χ3n) is 7.76. The number of halogens is 2. The van der Waals surface area contributed by atoms with Crippen molar-refractivity contribution in [2.24, 2.45) is 17.8 Å². The van der Waals surface area contributed by atoms with Crippen LogP contribution in [-0.2, 0) is 0 Å². The molecule has 33 heavy (non-hydrogen) atoms. The van der Waals surface area contributed by atoms with Crippen molar-refractivity contribution in [3.05, 3.63) is 78.4 Å². The Bertz CT molecular complexity index is 939. The SMILES string of the molecule is C=CCOc1c(F)cc(-c2ccc(C3CCC4CC(CC/C=C/C)CCC4C3)cc2)cc1F. The van der Waals surface area contributed by atoms with Crippen LogP contribution >= 0.6 is 0 Å². The molecule has 2 aromatic rings. The molecule has 2 aliphatic rings. The highest BCUT2D eigenvalue weighted by atomic mass is 19.1. The van der Waals surface area contributed by atoms with E-state index in [4.69, 9.17) is 4.74 Å². The molecule has 0 radical (unpaired) electrons. The van der Waals surface area contributed by atoms with Crippen LogP contribution in [0.25, 0.3) is 11.1 Å². The molecule has 3 heteroatoms. The van der Waals surface area contributed by atoms with Crippen LogP contribution < -0.4 is 4.74 Å². The number of benzene rings is 2. The zero-order valence-electron chi connectivity index (χ0n) is 19.7. The summed E-state index contributed by atoms with van der Waals surface area (Å²) in [5.74, 6) is 1.55. The van der Waals surface area contributed by atoms with Crippen LogP contribution in [0.15, 0.2) is 61.2 Å². The Kier molecular flexibility index (Phi) is 8.01. The summed E-state index contributed by atoms with van der Waals surface area (Å²) in [6.07, 6.45) is 16.6. The summed E-state index contributed by atoms with van der Waals surface area (Å²) in [6, 6.07) is 11.0. The van der Waals surface area contributed by atoms with Crippen molar-refractivity contribution in [2.45, 2.75) is 64.2 Å². The fourth-order valence-electron chi connectivity index (χ4n) is 6.00. The largest absolute Gasteiger partial charge is 0.483 e. The molecule has 4 unspecified atom stereocenters. The highest BCUT2D eigenvalue weighted by molar-refractivity contribution is 5.65. The molecular weight excluding hydrogens is 414 g/mol. The van der Waals surface area contributed by atoms with Crippen molar-refractivity contribution in [3.8, 4) is 16.9 Å². The maximum Gasteiger partial charge on any atom is 0.191 e. The van der Waals surface area contributed by atoms with E-state index in [0.29, 0.717) is 11.5 Å². The molecule has 0 bridgehead atoms. The molecule has 0 saturated heterocycles. The Morgan fingerprint density at radius 3 is 2.33 bits per heavy atom. The van der Waals surface area contributed by atoms with Gasteiger partial charge in [0.05, 0.1) is 0 Å². The molecule has 2 fully saturated rings. The highest BCUT2D eigenvalue weighted by Crippen LogP contribution is 2.48. The molecule has 2 saturated carbocycles. The maximum absolute atomic E-state index is 14.4. The van der Waals surface area contributed by atoms with Crippen molar-refractivity contribution >= 4 is 0 Å². The van der Waals surface area contributed by atoms with E-state index in [-0.39, 0.29) is 12.4 Å². The number of hydrogen-bond acceptors (Lipinski definition) is 1. The van der Waals surface area contributed by atoms with E-state index < -0.39 is 11.6 Å². The first-order valence-corrected chi connectivity index (χ1v) is 12.5. The van der Waals surface area contributed by atoms with Gasteiger partial charge in [-0.3, -0.25) is 0 Å². The van der Waals surface area contributed by atoms with E-state index >= 15 is 0 Å². The van der Waals surface area contributed by atoms with Gasteiger partial charge in [-0.2, -0.15) is 0 Å². The fraction of sp³-hybridized carbons (Fsp3) is 0.467. The minimum Gasteiger partial charge on any atom is -0.483 e. The lowest BCUT2D eigenvalue weighted by molar-refractivity contribution is 0.115. The van der Waals surface area contributed by atoms with Crippen LogP contribution in [-0.4, -0.2) is 6.61 Å². The van der Waals surface area contributed by atoms with Crippen molar-refractivity contribution in [1.29, 1.82) is 0 Å². The van der Waals surface area contributed by atoms with E-state index in [1.807, 2.05) is 12.1 Å². The van der Waals surface area contributed by atoms with Crippen molar-refractivity contribution in [1.82, 2.24) is 0 Å². The predicted molar refractivity (Wildman–Crippen MR) is 132 cm³/mol. The monoisotopic (exact) mass is 450 g/mol. The lowest BCUT2D eigenvalue weighted by atomic mass is 9.63. The summed E-state index contributed by atoms with van der Waals surface area (Å²) in [6.45, 7) is 5.69. The molecular formula is C30H36F2O. The number of fused-ring (bicyclic) bond motifs is 1. The number of hydrogen-bond donors (Lipinski definition) is 0. The summed E-state index contributed by atoms with van der Waals surface area (Å²) in [4.78, 5) is 0. The van der Waals surface area contributed by atoms with Gasteiger partial charge < -0.3 is 4.74 Å². The van der Waals surface area contributed by atoms with Gasteiger partial charge in [0.25, 0.3) is 0 Å². The van der Waals surface area contributed by atoms with E-state index in [1.54, 1.807) is 0 Å². The van der Waals surface area contributed by atoms with E-state index in [0.717, 1.165) is 23.3 Å². The predicted octanol–water partition coefficient (Wildman–Crippen LogP) is 8.85. The molecule has 4 atom stereocenters. The zero-order valence-corrected chi connectivity index (χ0v) is 19.7. The minimum atomic E-state index is -0.685. The Balaban J connectivity index is 1.38. The van der Waals surface area contributed by atoms with Crippen LogP contribution in [0.5, 0.6) is 5.75 Å². The maximum atomic E-state index is 14.4. The third kappa shape index (κ3) is 5.75. The molecule has 0 spiro atoms. The second kappa shape index (κ2) is 11.1. The summed E-state index contributed by atoms with van der Waals surface area (Å²) >= 11 is 0. The lowest BCUT2D eigenvalue weighted by Crippen LogP contribution is -2.30. The molecule has 4 rings (SSSR count). The van der Waals surface area contributed by atoms with Gasteiger partial charge in [0.2, 0.25) is 0 Å². The third-order valence-corrected chi connectivity index (χ3v) is 7.76. The number of ether oxygens (including phenoxy) is 1. The molecule has 0 amide bonds. The normalized spacial score (nSPS) is 25.1.